The SMILES string of the molecule is CC(C)OC(=O)CSCc1csc(COc2ccc(Cl)cc2)n1. The van der Waals surface area contributed by atoms with Crippen LogP contribution in [0, 0.1) is 0 Å². The Morgan fingerprint density at radius 1 is 1.35 bits per heavy atom. The molecule has 4 nitrogen and oxygen atoms in total. The maximum Gasteiger partial charge on any atom is 0.316 e. The monoisotopic (exact) mass is 371 g/mol. The minimum absolute atomic E-state index is 0.0704. The minimum atomic E-state index is -0.188. The smallest absolute Gasteiger partial charge is 0.316 e. The number of esters is 1. The highest BCUT2D eigenvalue weighted by atomic mass is 35.5. The summed E-state index contributed by atoms with van der Waals surface area (Å²) in [7, 11) is 0. The summed E-state index contributed by atoms with van der Waals surface area (Å²) < 4.78 is 10.7. The van der Waals surface area contributed by atoms with Crippen LogP contribution >= 0.6 is 34.7 Å². The molecule has 0 aliphatic carbocycles. The summed E-state index contributed by atoms with van der Waals surface area (Å²) in [6.45, 7) is 4.11. The van der Waals surface area contributed by atoms with Crippen LogP contribution < -0.4 is 4.74 Å². The summed E-state index contributed by atoms with van der Waals surface area (Å²) in [5, 5.41) is 3.57. The molecule has 0 aliphatic rings. The predicted molar refractivity (Wildman–Crippen MR) is 95.3 cm³/mol. The average molecular weight is 372 g/mol. The summed E-state index contributed by atoms with van der Waals surface area (Å²) in [5.74, 6) is 1.60. The Morgan fingerprint density at radius 3 is 2.78 bits per heavy atom. The number of aromatic nitrogens is 1. The molecule has 0 radical (unpaired) electrons. The maximum atomic E-state index is 11.4. The number of hydrogen-bond donors (Lipinski definition) is 0. The molecule has 0 spiro atoms. The van der Waals surface area contributed by atoms with Gasteiger partial charge in [-0.05, 0) is 38.1 Å². The third-order valence-corrected chi connectivity index (χ3v) is 4.68. The normalized spacial score (nSPS) is 10.8. The van der Waals surface area contributed by atoms with Gasteiger partial charge < -0.3 is 9.47 Å². The lowest BCUT2D eigenvalue weighted by Gasteiger charge is -2.06. The summed E-state index contributed by atoms with van der Waals surface area (Å²) in [6.07, 6.45) is -0.0704. The lowest BCUT2D eigenvalue weighted by molar-refractivity contribution is -0.144. The molecule has 2 aromatic rings. The van der Waals surface area contributed by atoms with Gasteiger partial charge in [0.15, 0.2) is 0 Å². The van der Waals surface area contributed by atoms with Gasteiger partial charge >= 0.3 is 5.97 Å². The highest BCUT2D eigenvalue weighted by Crippen LogP contribution is 2.20. The van der Waals surface area contributed by atoms with Gasteiger partial charge in [-0.15, -0.1) is 23.1 Å². The quantitative estimate of drug-likeness (QED) is 0.636. The van der Waals surface area contributed by atoms with E-state index in [-0.39, 0.29) is 12.1 Å². The van der Waals surface area contributed by atoms with Crippen LogP contribution in [-0.2, 0) is 21.9 Å². The molecule has 7 heteroatoms. The van der Waals surface area contributed by atoms with Gasteiger partial charge in [0.25, 0.3) is 0 Å². The van der Waals surface area contributed by atoms with Crippen molar-refractivity contribution < 1.29 is 14.3 Å². The summed E-state index contributed by atoms with van der Waals surface area (Å²) in [5.41, 5.74) is 0.951. The second-order valence-corrected chi connectivity index (χ2v) is 7.37. The molecule has 0 bridgehead atoms. The number of thiazole rings is 1. The Balaban J connectivity index is 1.72. The number of nitrogens with zero attached hydrogens (tertiary/aromatic N) is 1. The molecule has 0 amide bonds. The van der Waals surface area contributed by atoms with Crippen molar-refractivity contribution in [3.63, 3.8) is 0 Å². The number of rotatable bonds is 8. The van der Waals surface area contributed by atoms with Crippen molar-refractivity contribution in [1.82, 2.24) is 4.98 Å². The van der Waals surface area contributed by atoms with E-state index in [1.165, 1.54) is 11.8 Å². The number of carbonyl (C=O) groups is 1. The highest BCUT2D eigenvalue weighted by molar-refractivity contribution is 7.99. The molecule has 0 fully saturated rings. The second-order valence-electron chi connectivity index (χ2n) is 5.01. The molecule has 23 heavy (non-hydrogen) atoms. The van der Waals surface area contributed by atoms with Crippen LogP contribution in [-0.4, -0.2) is 22.8 Å². The van der Waals surface area contributed by atoms with Crippen molar-refractivity contribution in [3.05, 3.63) is 45.4 Å². The van der Waals surface area contributed by atoms with Gasteiger partial charge in [-0.25, -0.2) is 4.98 Å². The molecule has 0 unspecified atom stereocenters. The van der Waals surface area contributed by atoms with Crippen LogP contribution in [0.5, 0.6) is 5.75 Å². The summed E-state index contributed by atoms with van der Waals surface area (Å²) in [4.78, 5) is 15.9. The number of benzene rings is 1. The van der Waals surface area contributed by atoms with E-state index in [1.54, 1.807) is 23.5 Å². The van der Waals surface area contributed by atoms with Gasteiger partial charge in [0.2, 0.25) is 0 Å². The molecular weight excluding hydrogens is 354 g/mol. The number of halogens is 1. The zero-order valence-corrected chi connectivity index (χ0v) is 15.3. The van der Waals surface area contributed by atoms with E-state index in [2.05, 4.69) is 4.98 Å². The van der Waals surface area contributed by atoms with E-state index in [9.17, 15) is 4.79 Å². The zero-order chi connectivity index (χ0) is 16.7. The Morgan fingerprint density at radius 2 is 2.09 bits per heavy atom. The van der Waals surface area contributed by atoms with Crippen molar-refractivity contribution in [2.75, 3.05) is 5.75 Å². The molecule has 2 rings (SSSR count). The first-order valence-corrected chi connectivity index (χ1v) is 9.53. The van der Waals surface area contributed by atoms with Crippen LogP contribution in [0.25, 0.3) is 0 Å². The fourth-order valence-electron chi connectivity index (χ4n) is 1.69. The summed E-state index contributed by atoms with van der Waals surface area (Å²) >= 11 is 8.88. The van der Waals surface area contributed by atoms with Crippen LogP contribution in [0.2, 0.25) is 5.02 Å². The van der Waals surface area contributed by atoms with Gasteiger partial charge in [-0.1, -0.05) is 11.6 Å². The van der Waals surface area contributed by atoms with Crippen molar-refractivity contribution in [2.45, 2.75) is 32.3 Å². The van der Waals surface area contributed by atoms with Crippen LogP contribution in [0.4, 0.5) is 0 Å². The Bertz CT molecular complexity index is 629. The van der Waals surface area contributed by atoms with Crippen LogP contribution in [0.15, 0.2) is 29.6 Å². The number of ether oxygens (including phenoxy) is 2. The maximum absolute atomic E-state index is 11.4. The molecule has 0 aliphatic heterocycles. The summed E-state index contributed by atoms with van der Waals surface area (Å²) in [6, 6.07) is 7.23. The Labute approximate surface area is 149 Å². The molecule has 1 aromatic carbocycles. The third kappa shape index (κ3) is 6.81. The van der Waals surface area contributed by atoms with Crippen molar-refractivity contribution in [2.24, 2.45) is 0 Å². The average Bonchev–Trinajstić information content (AvgIpc) is 2.94. The van der Waals surface area contributed by atoms with Crippen molar-refractivity contribution in [3.8, 4) is 5.75 Å². The van der Waals surface area contributed by atoms with Crippen molar-refractivity contribution >= 4 is 40.7 Å². The largest absolute Gasteiger partial charge is 0.486 e. The molecule has 0 saturated carbocycles. The van der Waals surface area contributed by atoms with E-state index >= 15 is 0 Å². The van der Waals surface area contributed by atoms with E-state index < -0.39 is 0 Å². The highest BCUT2D eigenvalue weighted by Gasteiger charge is 2.08. The lowest BCUT2D eigenvalue weighted by Crippen LogP contribution is -2.13. The van der Waals surface area contributed by atoms with E-state index in [4.69, 9.17) is 21.1 Å². The first-order chi connectivity index (χ1) is 11.0. The number of thioether (sulfide) groups is 1. The molecular formula is C16H18ClNO3S2. The standard InChI is InChI=1S/C16H18ClNO3S2/c1-11(2)21-16(19)10-22-8-13-9-23-15(18-13)7-20-14-5-3-12(17)4-6-14/h3-6,9,11H,7-8,10H2,1-2H3. The molecule has 1 heterocycles. The van der Waals surface area contributed by atoms with Gasteiger partial charge in [-0.2, -0.15) is 0 Å². The second kappa shape index (κ2) is 9.15. The minimum Gasteiger partial charge on any atom is -0.486 e. The molecule has 0 atom stereocenters. The number of hydrogen-bond acceptors (Lipinski definition) is 6. The fourth-order valence-corrected chi connectivity index (χ4v) is 3.32. The predicted octanol–water partition coefficient (Wildman–Crippen LogP) is 4.56. The third-order valence-electron chi connectivity index (χ3n) is 2.61. The van der Waals surface area contributed by atoms with Gasteiger partial charge in [0, 0.05) is 16.2 Å². The van der Waals surface area contributed by atoms with E-state index in [0.717, 1.165) is 16.5 Å². The molecule has 1 aromatic heterocycles. The molecule has 0 saturated heterocycles. The Hall–Kier alpha value is -1.24. The van der Waals surface area contributed by atoms with Crippen molar-refractivity contribution in [1.29, 1.82) is 0 Å². The van der Waals surface area contributed by atoms with E-state index in [0.29, 0.717) is 23.1 Å². The number of carbonyl (C=O) groups excluding carboxylic acids is 1. The van der Waals surface area contributed by atoms with Gasteiger partial charge in [0.05, 0.1) is 17.6 Å². The zero-order valence-electron chi connectivity index (χ0n) is 13.0. The molecule has 0 N–H and O–H groups in total. The van der Waals surface area contributed by atoms with E-state index in [1.807, 2.05) is 31.4 Å². The first kappa shape index (κ1) is 18.1. The first-order valence-electron chi connectivity index (χ1n) is 7.12. The Kier molecular flexibility index (Phi) is 7.20. The fraction of sp³-hybridized carbons (Fsp3) is 0.375. The van der Waals surface area contributed by atoms with Gasteiger partial charge in [0.1, 0.15) is 17.4 Å². The van der Waals surface area contributed by atoms with Crippen LogP contribution in [0.3, 0.4) is 0 Å². The van der Waals surface area contributed by atoms with Crippen LogP contribution in [0.1, 0.15) is 24.5 Å². The van der Waals surface area contributed by atoms with Gasteiger partial charge in [-0.3, -0.25) is 4.79 Å². The topological polar surface area (TPSA) is 48.4 Å². The molecule has 124 valence electrons. The lowest BCUT2D eigenvalue weighted by atomic mass is 10.3.